The Bertz CT molecular complexity index is 491. The molecule has 0 aliphatic heterocycles. The molecule has 17 heavy (non-hydrogen) atoms. The van der Waals surface area contributed by atoms with Crippen LogP contribution in [0.4, 0.5) is 0 Å². The highest BCUT2D eigenvalue weighted by atomic mass is 16.4. The summed E-state index contributed by atoms with van der Waals surface area (Å²) in [4.78, 5) is 10.9. The average Bonchev–Trinajstić information content (AvgIpc) is 2.79. The first-order valence-corrected chi connectivity index (χ1v) is 5.56. The van der Waals surface area contributed by atoms with Crippen LogP contribution in [0.3, 0.4) is 0 Å². The molecule has 0 fully saturated rings. The number of aryl methyl sites for hydroxylation is 2. The quantitative estimate of drug-likeness (QED) is 0.856. The number of aromatic carboxylic acids is 1. The van der Waals surface area contributed by atoms with Crippen LogP contribution in [0.5, 0.6) is 0 Å². The summed E-state index contributed by atoms with van der Waals surface area (Å²) >= 11 is 0. The van der Waals surface area contributed by atoms with Crippen molar-refractivity contribution >= 4 is 5.97 Å². The molecule has 88 valence electrons. The Kier molecular flexibility index (Phi) is 3.55. The summed E-state index contributed by atoms with van der Waals surface area (Å²) in [5.74, 6) is -0.929. The van der Waals surface area contributed by atoms with Gasteiger partial charge in [0.25, 0.3) is 0 Å². The van der Waals surface area contributed by atoms with Crippen LogP contribution in [0.1, 0.15) is 22.5 Å². The molecule has 0 amide bonds. The highest BCUT2D eigenvalue weighted by molar-refractivity contribution is 5.85. The molecule has 1 aromatic carbocycles. The zero-order chi connectivity index (χ0) is 12.1. The smallest absolute Gasteiger partial charge is 0.354 e. The summed E-state index contributed by atoms with van der Waals surface area (Å²) < 4.78 is 1.53. The number of benzene rings is 1. The third-order valence-electron chi connectivity index (χ3n) is 2.61. The SMILES string of the molecule is O=C(O)c1ccnn1CCCc1ccccc1. The number of hydrogen-bond donors (Lipinski definition) is 1. The summed E-state index contributed by atoms with van der Waals surface area (Å²) in [6.45, 7) is 0.628. The van der Waals surface area contributed by atoms with Gasteiger partial charge in [-0.3, -0.25) is 4.68 Å². The van der Waals surface area contributed by atoms with E-state index in [0.29, 0.717) is 6.54 Å². The number of carboxylic acids is 1. The minimum Gasteiger partial charge on any atom is -0.477 e. The van der Waals surface area contributed by atoms with Crippen LogP contribution in [0, 0.1) is 0 Å². The molecule has 0 spiro atoms. The van der Waals surface area contributed by atoms with E-state index in [1.165, 1.54) is 22.5 Å². The molecule has 0 saturated carbocycles. The second kappa shape index (κ2) is 5.30. The highest BCUT2D eigenvalue weighted by Crippen LogP contribution is 2.05. The van der Waals surface area contributed by atoms with Gasteiger partial charge in [-0.25, -0.2) is 4.79 Å². The monoisotopic (exact) mass is 230 g/mol. The molecule has 0 radical (unpaired) electrons. The number of aromatic nitrogens is 2. The minimum atomic E-state index is -0.929. The van der Waals surface area contributed by atoms with Crippen molar-refractivity contribution in [3.05, 3.63) is 53.9 Å². The standard InChI is InChI=1S/C13H14N2O2/c16-13(17)12-8-9-14-15(12)10-4-7-11-5-2-1-3-6-11/h1-3,5-6,8-9H,4,7,10H2,(H,16,17). The second-order valence-electron chi connectivity index (χ2n) is 3.83. The minimum absolute atomic E-state index is 0.248. The van der Waals surface area contributed by atoms with E-state index in [4.69, 9.17) is 5.11 Å². The number of carbonyl (C=O) groups is 1. The third kappa shape index (κ3) is 2.93. The molecule has 1 N–H and O–H groups in total. The zero-order valence-electron chi connectivity index (χ0n) is 9.41. The van der Waals surface area contributed by atoms with Crippen LogP contribution in [-0.2, 0) is 13.0 Å². The topological polar surface area (TPSA) is 55.1 Å². The summed E-state index contributed by atoms with van der Waals surface area (Å²) in [5.41, 5.74) is 1.51. The van der Waals surface area contributed by atoms with Gasteiger partial charge in [-0.2, -0.15) is 5.10 Å². The van der Waals surface area contributed by atoms with Gasteiger partial charge in [0.05, 0.1) is 0 Å². The molecule has 2 aromatic rings. The normalized spacial score (nSPS) is 10.4. The van der Waals surface area contributed by atoms with E-state index in [9.17, 15) is 4.79 Å². The first-order chi connectivity index (χ1) is 8.27. The maximum Gasteiger partial charge on any atom is 0.354 e. The van der Waals surface area contributed by atoms with E-state index in [0.717, 1.165) is 12.8 Å². The van der Waals surface area contributed by atoms with Gasteiger partial charge in [-0.15, -0.1) is 0 Å². The van der Waals surface area contributed by atoms with Crippen LogP contribution in [0.25, 0.3) is 0 Å². The first-order valence-electron chi connectivity index (χ1n) is 5.56. The first kappa shape index (κ1) is 11.4. The van der Waals surface area contributed by atoms with Gasteiger partial charge in [-0.1, -0.05) is 30.3 Å². The number of hydrogen-bond acceptors (Lipinski definition) is 2. The molecule has 1 heterocycles. The predicted octanol–water partition coefficient (Wildman–Crippen LogP) is 2.21. The van der Waals surface area contributed by atoms with Crippen molar-refractivity contribution in [2.24, 2.45) is 0 Å². The maximum atomic E-state index is 10.9. The molecule has 0 saturated heterocycles. The molecule has 0 aliphatic carbocycles. The van der Waals surface area contributed by atoms with Crippen molar-refractivity contribution in [2.75, 3.05) is 0 Å². The molecule has 0 aliphatic rings. The molecule has 1 aromatic heterocycles. The maximum absolute atomic E-state index is 10.9. The van der Waals surface area contributed by atoms with E-state index >= 15 is 0 Å². The third-order valence-corrected chi connectivity index (χ3v) is 2.61. The van der Waals surface area contributed by atoms with Gasteiger partial charge >= 0.3 is 5.97 Å². The van der Waals surface area contributed by atoms with Crippen LogP contribution in [0.15, 0.2) is 42.6 Å². The molecule has 0 bridgehead atoms. The van der Waals surface area contributed by atoms with Crippen LogP contribution >= 0.6 is 0 Å². The fourth-order valence-electron chi connectivity index (χ4n) is 1.77. The Morgan fingerprint density at radius 1 is 1.24 bits per heavy atom. The molecular formula is C13H14N2O2. The highest BCUT2D eigenvalue weighted by Gasteiger charge is 2.08. The van der Waals surface area contributed by atoms with Gasteiger partial charge in [0.15, 0.2) is 0 Å². The molecule has 0 atom stereocenters. The van der Waals surface area contributed by atoms with Gasteiger partial charge < -0.3 is 5.11 Å². The summed E-state index contributed by atoms with van der Waals surface area (Å²) in [5, 5.41) is 12.9. The van der Waals surface area contributed by atoms with Crippen LogP contribution in [-0.4, -0.2) is 20.9 Å². The lowest BCUT2D eigenvalue weighted by atomic mass is 10.1. The molecule has 4 nitrogen and oxygen atoms in total. The molecule has 4 heteroatoms. The predicted molar refractivity (Wildman–Crippen MR) is 63.9 cm³/mol. The van der Waals surface area contributed by atoms with Crippen LogP contribution < -0.4 is 0 Å². The van der Waals surface area contributed by atoms with E-state index in [1.807, 2.05) is 18.2 Å². The Labute approximate surface area is 99.5 Å². The van der Waals surface area contributed by atoms with Crippen molar-refractivity contribution < 1.29 is 9.90 Å². The number of carboxylic acid groups (broad SMARTS) is 1. The van der Waals surface area contributed by atoms with Crippen molar-refractivity contribution in [1.29, 1.82) is 0 Å². The Morgan fingerprint density at radius 2 is 2.00 bits per heavy atom. The van der Waals surface area contributed by atoms with Crippen molar-refractivity contribution in [3.8, 4) is 0 Å². The van der Waals surface area contributed by atoms with E-state index in [1.54, 1.807) is 0 Å². The van der Waals surface area contributed by atoms with Gasteiger partial charge in [0, 0.05) is 12.7 Å². The fourth-order valence-corrected chi connectivity index (χ4v) is 1.77. The van der Waals surface area contributed by atoms with Crippen molar-refractivity contribution in [1.82, 2.24) is 9.78 Å². The lowest BCUT2D eigenvalue weighted by molar-refractivity contribution is 0.0683. The summed E-state index contributed by atoms with van der Waals surface area (Å²) in [6, 6.07) is 11.7. The van der Waals surface area contributed by atoms with Crippen molar-refractivity contribution in [2.45, 2.75) is 19.4 Å². The zero-order valence-corrected chi connectivity index (χ0v) is 9.41. The lowest BCUT2D eigenvalue weighted by Gasteiger charge is -2.04. The molecule has 2 rings (SSSR count). The number of rotatable bonds is 5. The van der Waals surface area contributed by atoms with E-state index in [-0.39, 0.29) is 5.69 Å². The van der Waals surface area contributed by atoms with E-state index in [2.05, 4.69) is 17.2 Å². The fraction of sp³-hybridized carbons (Fsp3) is 0.231. The summed E-state index contributed by atoms with van der Waals surface area (Å²) in [6.07, 6.45) is 3.33. The summed E-state index contributed by atoms with van der Waals surface area (Å²) in [7, 11) is 0. The van der Waals surface area contributed by atoms with E-state index < -0.39 is 5.97 Å². The van der Waals surface area contributed by atoms with Gasteiger partial charge in [-0.05, 0) is 24.5 Å². The van der Waals surface area contributed by atoms with Crippen molar-refractivity contribution in [3.63, 3.8) is 0 Å². The number of nitrogens with zero attached hydrogens (tertiary/aromatic N) is 2. The Morgan fingerprint density at radius 3 is 2.71 bits per heavy atom. The average molecular weight is 230 g/mol. The van der Waals surface area contributed by atoms with Gasteiger partial charge in [0.2, 0.25) is 0 Å². The van der Waals surface area contributed by atoms with Gasteiger partial charge in [0.1, 0.15) is 5.69 Å². The second-order valence-corrected chi connectivity index (χ2v) is 3.83. The van der Waals surface area contributed by atoms with Crippen LogP contribution in [0.2, 0.25) is 0 Å². The lowest BCUT2D eigenvalue weighted by Crippen LogP contribution is -2.10. The molecular weight excluding hydrogens is 216 g/mol. The molecule has 0 unspecified atom stereocenters. The Hall–Kier alpha value is -2.10. The largest absolute Gasteiger partial charge is 0.477 e. The Balaban J connectivity index is 1.90.